The molecule has 0 radical (unpaired) electrons. The molecule has 1 aliphatic rings. The Hall–Kier alpha value is -0.980. The SMILES string of the molecule is CN=C(NCCN1CCOCC1)NCCS(=O)(=O)c1ccccc1F.I. The highest BCUT2D eigenvalue weighted by Gasteiger charge is 2.18. The Bertz CT molecular complexity index is 682. The topological polar surface area (TPSA) is 83.0 Å². The van der Waals surface area contributed by atoms with Crippen LogP contribution in [-0.4, -0.2) is 78.0 Å². The average molecular weight is 500 g/mol. The summed E-state index contributed by atoms with van der Waals surface area (Å²) in [4.78, 5) is 6.08. The molecule has 0 amide bonds. The molecule has 1 aromatic carbocycles. The van der Waals surface area contributed by atoms with Crippen molar-refractivity contribution in [2.24, 2.45) is 4.99 Å². The van der Waals surface area contributed by atoms with Crippen LogP contribution in [0.5, 0.6) is 0 Å². The van der Waals surface area contributed by atoms with E-state index in [-0.39, 0.29) is 41.2 Å². The molecular weight excluding hydrogens is 474 g/mol. The Balaban J connectivity index is 0.00000338. The fraction of sp³-hybridized carbons (Fsp3) is 0.562. The van der Waals surface area contributed by atoms with E-state index in [1.807, 2.05) is 0 Å². The van der Waals surface area contributed by atoms with E-state index in [1.54, 1.807) is 7.05 Å². The molecule has 2 rings (SSSR count). The number of sulfone groups is 1. The molecule has 1 aromatic rings. The van der Waals surface area contributed by atoms with Crippen LogP contribution < -0.4 is 10.6 Å². The molecule has 1 aliphatic heterocycles. The number of halogens is 2. The third kappa shape index (κ3) is 7.33. The van der Waals surface area contributed by atoms with E-state index in [9.17, 15) is 12.8 Å². The monoisotopic (exact) mass is 500 g/mol. The third-order valence-electron chi connectivity index (χ3n) is 3.88. The van der Waals surface area contributed by atoms with Crippen molar-refractivity contribution < 1.29 is 17.5 Å². The molecule has 2 N–H and O–H groups in total. The van der Waals surface area contributed by atoms with Gasteiger partial charge in [0, 0.05) is 39.8 Å². The van der Waals surface area contributed by atoms with Gasteiger partial charge in [0.1, 0.15) is 10.7 Å². The molecule has 148 valence electrons. The van der Waals surface area contributed by atoms with Crippen LogP contribution in [0.1, 0.15) is 0 Å². The summed E-state index contributed by atoms with van der Waals surface area (Å²) in [5.74, 6) is -0.412. The Kier molecular flexibility index (Phi) is 10.4. The molecule has 1 heterocycles. The molecule has 1 saturated heterocycles. The van der Waals surface area contributed by atoms with E-state index in [2.05, 4.69) is 20.5 Å². The first-order valence-corrected chi connectivity index (χ1v) is 9.90. The second-order valence-corrected chi connectivity index (χ2v) is 7.71. The zero-order valence-corrected chi connectivity index (χ0v) is 17.9. The van der Waals surface area contributed by atoms with E-state index in [4.69, 9.17) is 4.74 Å². The summed E-state index contributed by atoms with van der Waals surface area (Å²) >= 11 is 0. The standard InChI is InChI=1S/C16H25FN4O3S.HI/c1-18-16(19-6-8-21-9-11-24-12-10-21)20-7-13-25(22,23)15-5-3-2-4-14(15)17;/h2-5H,6-13H2,1H3,(H2,18,19,20);1H. The lowest BCUT2D eigenvalue weighted by Crippen LogP contribution is -2.45. The summed E-state index contributed by atoms with van der Waals surface area (Å²) in [7, 11) is -2.05. The minimum absolute atomic E-state index is 0. The molecule has 1 fully saturated rings. The molecule has 0 atom stereocenters. The lowest BCUT2D eigenvalue weighted by Gasteiger charge is -2.26. The molecule has 0 aromatic heterocycles. The number of guanidine groups is 1. The molecular formula is C16H26FIN4O3S. The van der Waals surface area contributed by atoms with Crippen LogP contribution >= 0.6 is 24.0 Å². The number of hydrogen-bond donors (Lipinski definition) is 2. The van der Waals surface area contributed by atoms with Gasteiger partial charge in [-0.15, -0.1) is 24.0 Å². The Labute approximate surface area is 171 Å². The first-order valence-electron chi connectivity index (χ1n) is 8.25. The first kappa shape index (κ1) is 23.1. The maximum atomic E-state index is 13.6. The normalized spacial score (nSPS) is 16.0. The van der Waals surface area contributed by atoms with Crippen molar-refractivity contribution >= 4 is 39.8 Å². The van der Waals surface area contributed by atoms with Crippen LogP contribution in [0.2, 0.25) is 0 Å². The molecule has 7 nitrogen and oxygen atoms in total. The van der Waals surface area contributed by atoms with Gasteiger partial charge in [-0.25, -0.2) is 12.8 Å². The number of benzene rings is 1. The van der Waals surface area contributed by atoms with E-state index < -0.39 is 15.7 Å². The van der Waals surface area contributed by atoms with Crippen LogP contribution in [0.4, 0.5) is 4.39 Å². The number of nitrogens with zero attached hydrogens (tertiary/aromatic N) is 2. The molecule has 0 saturated carbocycles. The number of rotatable bonds is 7. The molecule has 0 aliphatic carbocycles. The predicted octanol–water partition coefficient (Wildman–Crippen LogP) is 0.715. The van der Waals surface area contributed by atoms with Crippen molar-refractivity contribution in [2.75, 3.05) is 58.7 Å². The summed E-state index contributed by atoms with van der Waals surface area (Å²) in [5, 5.41) is 6.09. The number of morpholine rings is 1. The third-order valence-corrected chi connectivity index (χ3v) is 5.63. The predicted molar refractivity (Wildman–Crippen MR) is 110 cm³/mol. The highest BCUT2D eigenvalue weighted by molar-refractivity contribution is 14.0. The van der Waals surface area contributed by atoms with Gasteiger partial charge in [-0.3, -0.25) is 9.89 Å². The zero-order valence-electron chi connectivity index (χ0n) is 14.8. The minimum atomic E-state index is -3.67. The average Bonchev–Trinajstić information content (AvgIpc) is 2.61. The smallest absolute Gasteiger partial charge is 0.191 e. The number of aliphatic imine (C=N–C) groups is 1. The Morgan fingerprint density at radius 2 is 1.88 bits per heavy atom. The van der Waals surface area contributed by atoms with Gasteiger partial charge in [0.15, 0.2) is 15.8 Å². The lowest BCUT2D eigenvalue weighted by atomic mass is 10.3. The largest absolute Gasteiger partial charge is 0.379 e. The molecule has 0 unspecified atom stereocenters. The van der Waals surface area contributed by atoms with Crippen LogP contribution in [0, 0.1) is 5.82 Å². The molecule has 0 spiro atoms. The highest BCUT2D eigenvalue weighted by Crippen LogP contribution is 2.14. The van der Waals surface area contributed by atoms with Gasteiger partial charge in [-0.1, -0.05) is 12.1 Å². The Morgan fingerprint density at radius 1 is 1.23 bits per heavy atom. The number of ether oxygens (including phenoxy) is 1. The fourth-order valence-corrected chi connectivity index (χ4v) is 3.73. The van der Waals surface area contributed by atoms with Gasteiger partial charge < -0.3 is 15.4 Å². The van der Waals surface area contributed by atoms with Crippen molar-refractivity contribution in [1.82, 2.24) is 15.5 Å². The van der Waals surface area contributed by atoms with Crippen molar-refractivity contribution in [2.45, 2.75) is 4.90 Å². The second-order valence-electron chi connectivity index (χ2n) is 5.63. The van der Waals surface area contributed by atoms with Crippen molar-refractivity contribution in [3.8, 4) is 0 Å². The van der Waals surface area contributed by atoms with Crippen molar-refractivity contribution in [3.63, 3.8) is 0 Å². The van der Waals surface area contributed by atoms with Gasteiger partial charge in [-0.05, 0) is 12.1 Å². The van der Waals surface area contributed by atoms with Crippen LogP contribution in [0.3, 0.4) is 0 Å². The van der Waals surface area contributed by atoms with Crippen LogP contribution in [0.25, 0.3) is 0 Å². The molecule has 0 bridgehead atoms. The van der Waals surface area contributed by atoms with Crippen molar-refractivity contribution in [1.29, 1.82) is 0 Å². The van der Waals surface area contributed by atoms with Gasteiger partial charge in [0.2, 0.25) is 0 Å². The summed E-state index contributed by atoms with van der Waals surface area (Å²) in [6.45, 7) is 5.02. The van der Waals surface area contributed by atoms with Crippen LogP contribution in [0.15, 0.2) is 34.2 Å². The quantitative estimate of drug-likeness (QED) is 0.326. The first-order chi connectivity index (χ1) is 12.0. The van der Waals surface area contributed by atoms with Gasteiger partial charge in [0.05, 0.1) is 19.0 Å². The summed E-state index contributed by atoms with van der Waals surface area (Å²) in [5.41, 5.74) is 0. The number of hydrogen-bond acceptors (Lipinski definition) is 5. The van der Waals surface area contributed by atoms with Gasteiger partial charge >= 0.3 is 0 Å². The maximum absolute atomic E-state index is 13.6. The second kappa shape index (κ2) is 11.7. The lowest BCUT2D eigenvalue weighted by molar-refractivity contribution is 0.0389. The minimum Gasteiger partial charge on any atom is -0.379 e. The van der Waals surface area contributed by atoms with E-state index in [0.717, 1.165) is 38.9 Å². The van der Waals surface area contributed by atoms with Gasteiger partial charge in [0.25, 0.3) is 0 Å². The molecule has 26 heavy (non-hydrogen) atoms. The summed E-state index contributed by atoms with van der Waals surface area (Å²) in [6.07, 6.45) is 0. The number of nitrogens with one attached hydrogen (secondary N) is 2. The van der Waals surface area contributed by atoms with E-state index >= 15 is 0 Å². The summed E-state index contributed by atoms with van der Waals surface area (Å²) < 4.78 is 43.3. The zero-order chi connectivity index (χ0) is 18.1. The Morgan fingerprint density at radius 3 is 2.54 bits per heavy atom. The fourth-order valence-electron chi connectivity index (χ4n) is 2.49. The van der Waals surface area contributed by atoms with Crippen molar-refractivity contribution in [3.05, 3.63) is 30.1 Å². The molecule has 10 heteroatoms. The summed E-state index contributed by atoms with van der Waals surface area (Å²) in [6, 6.07) is 5.40. The van der Waals surface area contributed by atoms with E-state index in [1.165, 1.54) is 18.2 Å². The van der Waals surface area contributed by atoms with Crippen LogP contribution in [-0.2, 0) is 14.6 Å². The highest BCUT2D eigenvalue weighted by atomic mass is 127. The van der Waals surface area contributed by atoms with E-state index in [0.29, 0.717) is 12.5 Å². The van der Waals surface area contributed by atoms with Gasteiger partial charge in [-0.2, -0.15) is 0 Å². The maximum Gasteiger partial charge on any atom is 0.191 e.